The predicted octanol–water partition coefficient (Wildman–Crippen LogP) is 4.27. The highest BCUT2D eigenvalue weighted by Gasteiger charge is 2.19. The molecular weight excluding hydrogens is 253 g/mol. The van der Waals surface area contributed by atoms with Crippen molar-refractivity contribution in [2.24, 2.45) is 0 Å². The van der Waals surface area contributed by atoms with Gasteiger partial charge in [-0.15, -0.1) is 0 Å². The van der Waals surface area contributed by atoms with Crippen molar-refractivity contribution in [1.82, 2.24) is 0 Å². The molecule has 3 heteroatoms. The summed E-state index contributed by atoms with van der Waals surface area (Å²) in [4.78, 5) is 12.4. The fourth-order valence-electron chi connectivity index (χ4n) is 2.21. The summed E-state index contributed by atoms with van der Waals surface area (Å²) in [6.45, 7) is 3.81. The van der Waals surface area contributed by atoms with Crippen molar-refractivity contribution in [1.29, 1.82) is 0 Å². The van der Waals surface area contributed by atoms with E-state index < -0.39 is 0 Å². The van der Waals surface area contributed by atoms with E-state index in [9.17, 15) is 9.18 Å². The maximum absolute atomic E-state index is 13.3. The van der Waals surface area contributed by atoms with Crippen molar-refractivity contribution in [3.63, 3.8) is 0 Å². The average Bonchev–Trinajstić information content (AvgIpc) is 2.45. The Labute approximate surface area is 118 Å². The van der Waals surface area contributed by atoms with Gasteiger partial charge in [-0.25, -0.2) is 4.39 Å². The molecule has 2 aromatic rings. The van der Waals surface area contributed by atoms with E-state index in [4.69, 9.17) is 0 Å². The van der Waals surface area contributed by atoms with Gasteiger partial charge in [0.2, 0.25) is 5.91 Å². The largest absolute Gasteiger partial charge is 0.325 e. The normalized spacial score (nSPS) is 11.9. The zero-order chi connectivity index (χ0) is 14.5. The average molecular weight is 271 g/mol. The third-order valence-electron chi connectivity index (χ3n) is 3.38. The standard InChI is InChI=1S/C17H18FNO/c1-3-15(13-7-5-4-6-8-13)17(20)19-16-11-14(18)10-9-12(16)2/h4-11,15H,3H2,1-2H3,(H,19,20). The first-order valence-corrected chi connectivity index (χ1v) is 6.73. The molecule has 0 saturated heterocycles. The summed E-state index contributed by atoms with van der Waals surface area (Å²) < 4.78 is 13.3. The van der Waals surface area contributed by atoms with Gasteiger partial charge in [-0.3, -0.25) is 4.79 Å². The molecule has 1 atom stereocenters. The van der Waals surface area contributed by atoms with Gasteiger partial charge in [-0.1, -0.05) is 43.3 Å². The maximum Gasteiger partial charge on any atom is 0.231 e. The van der Waals surface area contributed by atoms with Crippen molar-refractivity contribution < 1.29 is 9.18 Å². The molecule has 20 heavy (non-hydrogen) atoms. The molecule has 1 amide bonds. The number of halogens is 1. The lowest BCUT2D eigenvalue weighted by Gasteiger charge is -2.16. The van der Waals surface area contributed by atoms with Crippen LogP contribution in [-0.2, 0) is 4.79 Å². The van der Waals surface area contributed by atoms with Crippen LogP contribution in [0.4, 0.5) is 10.1 Å². The van der Waals surface area contributed by atoms with Crippen LogP contribution in [0.1, 0.15) is 30.4 Å². The Morgan fingerprint density at radius 3 is 2.55 bits per heavy atom. The second kappa shape index (κ2) is 6.33. The highest BCUT2D eigenvalue weighted by Crippen LogP contribution is 2.23. The lowest BCUT2D eigenvalue weighted by Crippen LogP contribution is -2.21. The van der Waals surface area contributed by atoms with E-state index in [2.05, 4.69) is 5.32 Å². The summed E-state index contributed by atoms with van der Waals surface area (Å²) in [7, 11) is 0. The monoisotopic (exact) mass is 271 g/mol. The molecule has 0 radical (unpaired) electrons. The van der Waals surface area contributed by atoms with Crippen molar-refractivity contribution in [3.05, 3.63) is 65.5 Å². The van der Waals surface area contributed by atoms with Crippen LogP contribution in [0.3, 0.4) is 0 Å². The van der Waals surface area contributed by atoms with E-state index in [1.165, 1.54) is 12.1 Å². The second-order valence-corrected chi connectivity index (χ2v) is 4.82. The van der Waals surface area contributed by atoms with Gasteiger partial charge in [0.15, 0.2) is 0 Å². The first kappa shape index (κ1) is 14.3. The zero-order valence-corrected chi connectivity index (χ0v) is 11.7. The van der Waals surface area contributed by atoms with Crippen LogP contribution in [0.5, 0.6) is 0 Å². The molecule has 0 spiro atoms. The van der Waals surface area contributed by atoms with Crippen LogP contribution < -0.4 is 5.32 Å². The second-order valence-electron chi connectivity index (χ2n) is 4.82. The molecule has 0 bridgehead atoms. The SMILES string of the molecule is CCC(C(=O)Nc1cc(F)ccc1C)c1ccccc1. The number of anilines is 1. The van der Waals surface area contributed by atoms with E-state index in [-0.39, 0.29) is 17.6 Å². The summed E-state index contributed by atoms with van der Waals surface area (Å²) in [6, 6.07) is 14.0. The van der Waals surface area contributed by atoms with Gasteiger partial charge >= 0.3 is 0 Å². The quantitative estimate of drug-likeness (QED) is 0.884. The Morgan fingerprint density at radius 2 is 1.90 bits per heavy atom. The predicted molar refractivity (Wildman–Crippen MR) is 79.2 cm³/mol. The van der Waals surface area contributed by atoms with E-state index in [1.54, 1.807) is 6.07 Å². The number of carbonyl (C=O) groups is 1. The molecule has 0 saturated carbocycles. The summed E-state index contributed by atoms with van der Waals surface area (Å²) in [5.41, 5.74) is 2.36. The Hall–Kier alpha value is -2.16. The Kier molecular flexibility index (Phi) is 4.51. The number of aryl methyl sites for hydroxylation is 1. The molecule has 2 nitrogen and oxygen atoms in total. The van der Waals surface area contributed by atoms with Crippen molar-refractivity contribution >= 4 is 11.6 Å². The molecule has 1 unspecified atom stereocenters. The topological polar surface area (TPSA) is 29.1 Å². The number of rotatable bonds is 4. The van der Waals surface area contributed by atoms with E-state index in [0.29, 0.717) is 12.1 Å². The van der Waals surface area contributed by atoms with Gasteiger partial charge < -0.3 is 5.32 Å². The smallest absolute Gasteiger partial charge is 0.231 e. The van der Waals surface area contributed by atoms with Gasteiger partial charge in [0.05, 0.1) is 5.92 Å². The van der Waals surface area contributed by atoms with Gasteiger partial charge in [-0.05, 0) is 36.6 Å². The van der Waals surface area contributed by atoms with Gasteiger partial charge in [0.1, 0.15) is 5.82 Å². The number of amides is 1. The molecule has 1 N–H and O–H groups in total. The fourth-order valence-corrected chi connectivity index (χ4v) is 2.21. The van der Waals surface area contributed by atoms with Crippen molar-refractivity contribution in [3.8, 4) is 0 Å². The summed E-state index contributed by atoms with van der Waals surface area (Å²) >= 11 is 0. The molecule has 0 aromatic heterocycles. The zero-order valence-electron chi connectivity index (χ0n) is 11.7. The molecule has 2 rings (SSSR count). The van der Waals surface area contributed by atoms with Crippen LogP contribution in [0, 0.1) is 12.7 Å². The van der Waals surface area contributed by atoms with Crippen molar-refractivity contribution in [2.45, 2.75) is 26.2 Å². The van der Waals surface area contributed by atoms with E-state index >= 15 is 0 Å². The third kappa shape index (κ3) is 3.23. The minimum atomic E-state index is -0.348. The highest BCUT2D eigenvalue weighted by atomic mass is 19.1. The van der Waals surface area contributed by atoms with Crippen LogP contribution in [-0.4, -0.2) is 5.91 Å². The molecule has 0 aliphatic heterocycles. The molecule has 2 aromatic carbocycles. The van der Waals surface area contributed by atoms with Crippen molar-refractivity contribution in [2.75, 3.05) is 5.32 Å². The number of hydrogen-bond acceptors (Lipinski definition) is 1. The van der Waals surface area contributed by atoms with E-state index in [1.807, 2.05) is 44.2 Å². The van der Waals surface area contributed by atoms with Crippen LogP contribution in [0.2, 0.25) is 0 Å². The molecular formula is C17H18FNO. The number of carbonyl (C=O) groups excluding carboxylic acids is 1. The lowest BCUT2D eigenvalue weighted by molar-refractivity contribution is -0.117. The number of benzene rings is 2. The summed E-state index contributed by atoms with van der Waals surface area (Å²) in [5.74, 6) is -0.676. The Morgan fingerprint density at radius 1 is 1.20 bits per heavy atom. The highest BCUT2D eigenvalue weighted by molar-refractivity contribution is 5.96. The first-order valence-electron chi connectivity index (χ1n) is 6.73. The summed E-state index contributed by atoms with van der Waals surface area (Å²) in [6.07, 6.45) is 0.699. The molecule has 0 fully saturated rings. The Bertz CT molecular complexity index is 595. The molecule has 104 valence electrons. The molecule has 0 heterocycles. The van der Waals surface area contributed by atoms with Crippen LogP contribution >= 0.6 is 0 Å². The first-order chi connectivity index (χ1) is 9.61. The van der Waals surface area contributed by atoms with Gasteiger partial charge in [-0.2, -0.15) is 0 Å². The van der Waals surface area contributed by atoms with Gasteiger partial charge in [0, 0.05) is 5.69 Å². The number of hydrogen-bond donors (Lipinski definition) is 1. The fraction of sp³-hybridized carbons (Fsp3) is 0.235. The minimum Gasteiger partial charge on any atom is -0.325 e. The third-order valence-corrected chi connectivity index (χ3v) is 3.38. The molecule has 0 aliphatic carbocycles. The van der Waals surface area contributed by atoms with Gasteiger partial charge in [0.25, 0.3) is 0 Å². The maximum atomic E-state index is 13.3. The van der Waals surface area contributed by atoms with E-state index in [0.717, 1.165) is 11.1 Å². The lowest BCUT2D eigenvalue weighted by atomic mass is 9.95. The van der Waals surface area contributed by atoms with Crippen LogP contribution in [0.15, 0.2) is 48.5 Å². The Balaban J connectivity index is 2.20. The van der Waals surface area contributed by atoms with Crippen LogP contribution in [0.25, 0.3) is 0 Å². The minimum absolute atomic E-state index is 0.104. The summed E-state index contributed by atoms with van der Waals surface area (Å²) in [5, 5.41) is 2.82. The number of nitrogens with one attached hydrogen (secondary N) is 1. The molecule has 0 aliphatic rings.